The Morgan fingerprint density at radius 1 is 1.53 bits per heavy atom. The van der Waals surface area contributed by atoms with Crippen LogP contribution in [0.2, 0.25) is 0 Å². The van der Waals surface area contributed by atoms with Crippen LogP contribution in [0.1, 0.15) is 18.7 Å². The van der Waals surface area contributed by atoms with Gasteiger partial charge in [-0.1, -0.05) is 6.07 Å². The van der Waals surface area contributed by atoms with E-state index in [-0.39, 0.29) is 5.91 Å². The van der Waals surface area contributed by atoms with Crippen molar-refractivity contribution in [3.63, 3.8) is 0 Å². The van der Waals surface area contributed by atoms with Crippen LogP contribution < -0.4 is 10.6 Å². The molecule has 84 valence electrons. The average molecular weight is 226 g/mol. The van der Waals surface area contributed by atoms with Gasteiger partial charge in [-0.2, -0.15) is 0 Å². The number of amides is 1. The van der Waals surface area contributed by atoms with Crippen molar-refractivity contribution in [3.8, 4) is 0 Å². The van der Waals surface area contributed by atoms with E-state index in [0.717, 1.165) is 13.0 Å². The maximum Gasteiger partial charge on any atom is 0.216 e. The number of hydrogen-bond acceptors (Lipinski definition) is 3. The van der Waals surface area contributed by atoms with Gasteiger partial charge in [0, 0.05) is 30.9 Å². The third kappa shape index (κ3) is 5.54. The molecule has 0 radical (unpaired) electrons. The van der Waals surface area contributed by atoms with Gasteiger partial charge in [-0.3, -0.25) is 4.79 Å². The predicted octanol–water partition coefficient (Wildman–Crippen LogP) is 1.40. The fraction of sp³-hybridized carbons (Fsp3) is 0.545. The Labute approximate surface area is 94.9 Å². The third-order valence-electron chi connectivity index (χ3n) is 2.08. The molecule has 1 unspecified atom stereocenters. The normalized spacial score (nSPS) is 12.4. The molecule has 1 amide bonds. The van der Waals surface area contributed by atoms with Crippen LogP contribution in [0.5, 0.6) is 0 Å². The molecule has 0 aromatic carbocycles. The number of carbonyl (C=O) groups is 1. The van der Waals surface area contributed by atoms with E-state index >= 15 is 0 Å². The summed E-state index contributed by atoms with van der Waals surface area (Å²) >= 11 is 1.79. The van der Waals surface area contributed by atoms with Crippen molar-refractivity contribution < 1.29 is 4.79 Å². The lowest BCUT2D eigenvalue weighted by Crippen LogP contribution is -2.35. The highest BCUT2D eigenvalue weighted by Gasteiger charge is 2.02. The summed E-state index contributed by atoms with van der Waals surface area (Å²) in [5.41, 5.74) is 0. The van der Waals surface area contributed by atoms with E-state index in [1.165, 1.54) is 11.8 Å². The second-order valence-corrected chi connectivity index (χ2v) is 4.65. The maximum absolute atomic E-state index is 10.6. The Morgan fingerprint density at radius 2 is 2.33 bits per heavy atom. The van der Waals surface area contributed by atoms with Gasteiger partial charge in [0.25, 0.3) is 0 Å². The molecule has 0 saturated heterocycles. The molecule has 4 heteroatoms. The first-order valence-corrected chi connectivity index (χ1v) is 6.06. The van der Waals surface area contributed by atoms with E-state index in [4.69, 9.17) is 0 Å². The molecule has 1 heterocycles. The van der Waals surface area contributed by atoms with Crippen molar-refractivity contribution in [2.75, 3.05) is 13.1 Å². The van der Waals surface area contributed by atoms with Crippen LogP contribution in [-0.4, -0.2) is 25.0 Å². The summed E-state index contributed by atoms with van der Waals surface area (Å²) in [6.07, 6.45) is 1.05. The molecule has 2 N–H and O–H groups in total. The van der Waals surface area contributed by atoms with Gasteiger partial charge >= 0.3 is 0 Å². The van der Waals surface area contributed by atoms with E-state index in [2.05, 4.69) is 35.1 Å². The van der Waals surface area contributed by atoms with Crippen molar-refractivity contribution in [3.05, 3.63) is 22.4 Å². The van der Waals surface area contributed by atoms with Gasteiger partial charge in [0.1, 0.15) is 0 Å². The quantitative estimate of drug-likeness (QED) is 0.720. The van der Waals surface area contributed by atoms with Crippen molar-refractivity contribution in [2.45, 2.75) is 26.3 Å². The molecule has 0 aliphatic heterocycles. The van der Waals surface area contributed by atoms with E-state index < -0.39 is 0 Å². The second-order valence-electron chi connectivity index (χ2n) is 3.62. The smallest absolute Gasteiger partial charge is 0.216 e. The van der Waals surface area contributed by atoms with Crippen molar-refractivity contribution in [2.24, 2.45) is 0 Å². The van der Waals surface area contributed by atoms with E-state index in [1.54, 1.807) is 11.3 Å². The Bertz CT molecular complexity index is 285. The molecule has 0 aliphatic rings. The van der Waals surface area contributed by atoms with Crippen LogP contribution in [0.4, 0.5) is 0 Å². The van der Waals surface area contributed by atoms with Crippen LogP contribution in [-0.2, 0) is 11.2 Å². The van der Waals surface area contributed by atoms with Crippen molar-refractivity contribution in [1.82, 2.24) is 10.6 Å². The molecule has 0 bridgehead atoms. The summed E-state index contributed by atoms with van der Waals surface area (Å²) in [5, 5.41) is 8.23. The molecule has 3 nitrogen and oxygen atoms in total. The van der Waals surface area contributed by atoms with Gasteiger partial charge in [0.2, 0.25) is 5.91 Å². The maximum atomic E-state index is 10.6. The molecule has 0 saturated carbocycles. The van der Waals surface area contributed by atoms with E-state index in [0.29, 0.717) is 12.6 Å². The zero-order valence-corrected chi connectivity index (χ0v) is 10.1. The number of carbonyl (C=O) groups excluding carboxylic acids is 1. The molecule has 0 spiro atoms. The highest BCUT2D eigenvalue weighted by Crippen LogP contribution is 2.10. The standard InChI is InChI=1S/C11H18N2OS/c1-9(8-11-4-3-7-15-11)12-5-6-13-10(2)14/h3-4,7,9,12H,5-6,8H2,1-2H3,(H,13,14). The van der Waals surface area contributed by atoms with Gasteiger partial charge < -0.3 is 10.6 Å². The van der Waals surface area contributed by atoms with Gasteiger partial charge in [-0.15, -0.1) is 11.3 Å². The topological polar surface area (TPSA) is 41.1 Å². The Kier molecular flexibility index (Phi) is 5.36. The Morgan fingerprint density at radius 3 is 2.93 bits per heavy atom. The lowest BCUT2D eigenvalue weighted by Gasteiger charge is -2.12. The second kappa shape index (κ2) is 6.58. The monoisotopic (exact) mass is 226 g/mol. The molecular weight excluding hydrogens is 208 g/mol. The molecule has 1 aromatic heterocycles. The number of rotatable bonds is 6. The van der Waals surface area contributed by atoms with Gasteiger partial charge in [-0.25, -0.2) is 0 Å². The van der Waals surface area contributed by atoms with Gasteiger partial charge in [0.15, 0.2) is 0 Å². The summed E-state index contributed by atoms with van der Waals surface area (Å²) in [6, 6.07) is 4.68. The van der Waals surface area contributed by atoms with Crippen molar-refractivity contribution >= 4 is 17.2 Å². The van der Waals surface area contributed by atoms with Crippen LogP contribution in [0.15, 0.2) is 17.5 Å². The van der Waals surface area contributed by atoms with Gasteiger partial charge in [-0.05, 0) is 24.8 Å². The van der Waals surface area contributed by atoms with Crippen LogP contribution in [0.25, 0.3) is 0 Å². The largest absolute Gasteiger partial charge is 0.355 e. The van der Waals surface area contributed by atoms with Gasteiger partial charge in [0.05, 0.1) is 0 Å². The summed E-state index contributed by atoms with van der Waals surface area (Å²) < 4.78 is 0. The highest BCUT2D eigenvalue weighted by atomic mass is 32.1. The molecule has 1 rings (SSSR count). The minimum Gasteiger partial charge on any atom is -0.355 e. The first-order chi connectivity index (χ1) is 7.18. The first-order valence-electron chi connectivity index (χ1n) is 5.18. The third-order valence-corrected chi connectivity index (χ3v) is 2.98. The lowest BCUT2D eigenvalue weighted by molar-refractivity contribution is -0.118. The number of nitrogens with one attached hydrogen (secondary N) is 2. The molecular formula is C11H18N2OS. The number of hydrogen-bond donors (Lipinski definition) is 2. The van der Waals surface area contributed by atoms with Crippen LogP contribution in [0.3, 0.4) is 0 Å². The minimum absolute atomic E-state index is 0.0303. The minimum atomic E-state index is 0.0303. The fourth-order valence-electron chi connectivity index (χ4n) is 1.36. The number of thiophene rings is 1. The first kappa shape index (κ1) is 12.2. The molecule has 1 aromatic rings. The van der Waals surface area contributed by atoms with E-state index in [9.17, 15) is 4.79 Å². The summed E-state index contributed by atoms with van der Waals surface area (Å²) in [5.74, 6) is 0.0303. The molecule has 0 aliphatic carbocycles. The van der Waals surface area contributed by atoms with Crippen LogP contribution >= 0.6 is 11.3 Å². The summed E-state index contributed by atoms with van der Waals surface area (Å²) in [4.78, 5) is 12.0. The highest BCUT2D eigenvalue weighted by molar-refractivity contribution is 7.09. The molecule has 15 heavy (non-hydrogen) atoms. The van der Waals surface area contributed by atoms with Crippen molar-refractivity contribution in [1.29, 1.82) is 0 Å². The molecule has 0 fully saturated rings. The summed E-state index contributed by atoms with van der Waals surface area (Å²) in [7, 11) is 0. The Balaban J connectivity index is 2.08. The zero-order valence-electron chi connectivity index (χ0n) is 9.25. The SMILES string of the molecule is CC(=O)NCCNC(C)Cc1cccs1. The average Bonchev–Trinajstić information content (AvgIpc) is 2.64. The Hall–Kier alpha value is -0.870. The van der Waals surface area contributed by atoms with E-state index in [1.807, 2.05) is 0 Å². The molecule has 1 atom stereocenters. The fourth-order valence-corrected chi connectivity index (χ4v) is 2.20. The predicted molar refractivity (Wildman–Crippen MR) is 64.2 cm³/mol. The zero-order chi connectivity index (χ0) is 11.1. The lowest BCUT2D eigenvalue weighted by atomic mass is 10.2. The summed E-state index contributed by atoms with van der Waals surface area (Å²) in [6.45, 7) is 5.22. The van der Waals surface area contributed by atoms with Crippen LogP contribution in [0, 0.1) is 0 Å².